The number of likely N-dealkylation sites (tertiary alicyclic amines) is 1. The molecule has 1 fully saturated rings. The first kappa shape index (κ1) is 14.2. The molecule has 0 spiro atoms. The molecule has 0 aliphatic carbocycles. The summed E-state index contributed by atoms with van der Waals surface area (Å²) in [5.74, 6) is 0.359. The van der Waals surface area contributed by atoms with Crippen LogP contribution in [0.15, 0.2) is 54.6 Å². The molecule has 1 heterocycles. The van der Waals surface area contributed by atoms with E-state index in [-0.39, 0.29) is 0 Å². The Hall–Kier alpha value is -1.80. The van der Waals surface area contributed by atoms with Gasteiger partial charge in [-0.25, -0.2) is 0 Å². The highest BCUT2D eigenvalue weighted by Gasteiger charge is 2.22. The number of benzene rings is 2. The molecule has 0 amide bonds. The fourth-order valence-electron chi connectivity index (χ4n) is 3.27. The lowest BCUT2D eigenvalue weighted by Crippen LogP contribution is -2.34. The van der Waals surface area contributed by atoms with Gasteiger partial charge >= 0.3 is 0 Å². The van der Waals surface area contributed by atoms with Crippen molar-refractivity contribution in [3.05, 3.63) is 65.7 Å². The zero-order chi connectivity index (χ0) is 14.5. The third kappa shape index (κ3) is 3.64. The molecule has 0 bridgehead atoms. The number of hydrogen-bond acceptors (Lipinski definition) is 2. The van der Waals surface area contributed by atoms with Gasteiger partial charge in [-0.05, 0) is 55.6 Å². The van der Waals surface area contributed by atoms with Crippen LogP contribution in [0, 0.1) is 0 Å². The highest BCUT2D eigenvalue weighted by atomic mass is 16.3. The Morgan fingerprint density at radius 3 is 2.38 bits per heavy atom. The molecule has 1 N–H and O–H groups in total. The van der Waals surface area contributed by atoms with Gasteiger partial charge in [-0.3, -0.25) is 4.90 Å². The van der Waals surface area contributed by atoms with Crippen molar-refractivity contribution >= 4 is 0 Å². The van der Waals surface area contributed by atoms with E-state index in [1.54, 1.807) is 6.07 Å². The Balaban J connectivity index is 1.85. The summed E-state index contributed by atoms with van der Waals surface area (Å²) in [4.78, 5) is 2.60. The highest BCUT2D eigenvalue weighted by molar-refractivity contribution is 5.30. The number of phenols is 1. The Bertz CT molecular complexity index is 561. The molecule has 2 aromatic carbocycles. The molecule has 110 valence electrons. The largest absolute Gasteiger partial charge is 0.508 e. The quantitative estimate of drug-likeness (QED) is 0.909. The second-order valence-electron chi connectivity index (χ2n) is 5.90. The molecule has 0 radical (unpaired) electrons. The van der Waals surface area contributed by atoms with E-state index in [0.29, 0.717) is 11.8 Å². The Labute approximate surface area is 127 Å². The van der Waals surface area contributed by atoms with E-state index < -0.39 is 0 Å². The van der Waals surface area contributed by atoms with Crippen molar-refractivity contribution in [2.75, 3.05) is 13.1 Å². The predicted molar refractivity (Wildman–Crippen MR) is 86.4 cm³/mol. The third-order valence-electron chi connectivity index (χ3n) is 4.36. The summed E-state index contributed by atoms with van der Waals surface area (Å²) in [6, 6.07) is 18.8. The van der Waals surface area contributed by atoms with E-state index in [4.69, 9.17) is 0 Å². The summed E-state index contributed by atoms with van der Waals surface area (Å²) in [6.45, 7) is 2.36. The molecule has 3 rings (SSSR count). The predicted octanol–water partition coefficient (Wildman–Crippen LogP) is 4.16. The molecule has 21 heavy (non-hydrogen) atoms. The maximum atomic E-state index is 9.69. The molecule has 1 saturated heterocycles. The first-order chi connectivity index (χ1) is 10.3. The zero-order valence-corrected chi connectivity index (χ0v) is 12.4. The minimum absolute atomic E-state index is 0.359. The summed E-state index contributed by atoms with van der Waals surface area (Å²) >= 11 is 0. The van der Waals surface area contributed by atoms with Gasteiger partial charge in [0.25, 0.3) is 0 Å². The Morgan fingerprint density at radius 2 is 1.67 bits per heavy atom. The fourth-order valence-corrected chi connectivity index (χ4v) is 3.27. The van der Waals surface area contributed by atoms with E-state index in [9.17, 15) is 5.11 Å². The van der Waals surface area contributed by atoms with Crippen molar-refractivity contribution in [1.29, 1.82) is 0 Å². The molecule has 0 saturated carbocycles. The number of nitrogens with zero attached hydrogens (tertiary/aromatic N) is 1. The summed E-state index contributed by atoms with van der Waals surface area (Å²) in [6.07, 6.45) is 4.90. The molecule has 2 aromatic rings. The molecule has 1 aliphatic heterocycles. The smallest absolute Gasteiger partial charge is 0.115 e. The van der Waals surface area contributed by atoms with E-state index in [0.717, 1.165) is 6.42 Å². The summed E-state index contributed by atoms with van der Waals surface area (Å²) in [7, 11) is 0. The second-order valence-corrected chi connectivity index (χ2v) is 5.90. The third-order valence-corrected chi connectivity index (χ3v) is 4.36. The lowest BCUT2D eigenvalue weighted by atomic mass is 9.95. The van der Waals surface area contributed by atoms with Gasteiger partial charge in [0.15, 0.2) is 0 Å². The van der Waals surface area contributed by atoms with Crippen molar-refractivity contribution in [3.8, 4) is 5.75 Å². The van der Waals surface area contributed by atoms with Crippen LogP contribution in [0.25, 0.3) is 0 Å². The molecule has 0 aromatic heterocycles. The van der Waals surface area contributed by atoms with Crippen LogP contribution in [0.3, 0.4) is 0 Å². The fraction of sp³-hybridized carbons (Fsp3) is 0.368. The van der Waals surface area contributed by atoms with Crippen LogP contribution in [0.5, 0.6) is 5.75 Å². The van der Waals surface area contributed by atoms with E-state index >= 15 is 0 Å². The number of phenolic OH excluding ortho intramolecular Hbond substituents is 1. The first-order valence-corrected chi connectivity index (χ1v) is 7.90. The van der Waals surface area contributed by atoms with Gasteiger partial charge in [0.05, 0.1) is 0 Å². The topological polar surface area (TPSA) is 23.5 Å². The molecule has 0 unspecified atom stereocenters. The lowest BCUT2D eigenvalue weighted by molar-refractivity contribution is 0.162. The minimum Gasteiger partial charge on any atom is -0.508 e. The van der Waals surface area contributed by atoms with Crippen molar-refractivity contribution in [3.63, 3.8) is 0 Å². The lowest BCUT2D eigenvalue weighted by Gasteiger charge is -2.35. The van der Waals surface area contributed by atoms with Crippen LogP contribution in [0.1, 0.15) is 36.4 Å². The first-order valence-electron chi connectivity index (χ1n) is 7.90. The average molecular weight is 281 g/mol. The zero-order valence-electron chi connectivity index (χ0n) is 12.4. The Kier molecular flexibility index (Phi) is 4.56. The van der Waals surface area contributed by atoms with Gasteiger partial charge in [-0.15, -0.1) is 0 Å². The van der Waals surface area contributed by atoms with Crippen molar-refractivity contribution < 1.29 is 5.11 Å². The van der Waals surface area contributed by atoms with Crippen LogP contribution in [0.2, 0.25) is 0 Å². The summed E-state index contributed by atoms with van der Waals surface area (Å²) < 4.78 is 0. The van der Waals surface area contributed by atoms with Gasteiger partial charge < -0.3 is 5.11 Å². The Morgan fingerprint density at radius 1 is 0.905 bits per heavy atom. The highest BCUT2D eigenvalue weighted by Crippen LogP contribution is 2.28. The second kappa shape index (κ2) is 6.77. The number of rotatable bonds is 4. The van der Waals surface area contributed by atoms with E-state index in [1.165, 1.54) is 43.5 Å². The number of aromatic hydroxyl groups is 1. The van der Waals surface area contributed by atoms with Gasteiger partial charge in [0.2, 0.25) is 0 Å². The van der Waals surface area contributed by atoms with E-state index in [1.807, 2.05) is 12.1 Å². The van der Waals surface area contributed by atoms with Crippen LogP contribution >= 0.6 is 0 Å². The maximum absolute atomic E-state index is 9.69. The van der Waals surface area contributed by atoms with Crippen LogP contribution in [-0.2, 0) is 6.42 Å². The maximum Gasteiger partial charge on any atom is 0.115 e. The van der Waals surface area contributed by atoms with Crippen molar-refractivity contribution in [2.24, 2.45) is 0 Å². The summed E-state index contributed by atoms with van der Waals surface area (Å²) in [5.41, 5.74) is 2.58. The van der Waals surface area contributed by atoms with Gasteiger partial charge in [0.1, 0.15) is 5.75 Å². The minimum atomic E-state index is 0.359. The molecule has 2 nitrogen and oxygen atoms in total. The normalized spacial score (nSPS) is 17.5. The molecule has 2 heteroatoms. The number of hydrogen-bond donors (Lipinski definition) is 1. The molecular weight excluding hydrogens is 258 g/mol. The monoisotopic (exact) mass is 281 g/mol. The van der Waals surface area contributed by atoms with Gasteiger partial charge in [-0.1, -0.05) is 48.9 Å². The molecule has 1 aliphatic rings. The van der Waals surface area contributed by atoms with Crippen LogP contribution in [0.4, 0.5) is 0 Å². The molecular formula is C19H23NO. The van der Waals surface area contributed by atoms with E-state index in [2.05, 4.69) is 41.3 Å². The molecule has 1 atom stereocenters. The SMILES string of the molecule is Oc1cccc(C[C@H](c2ccccc2)N2CCCCC2)c1. The standard InChI is InChI=1S/C19H23NO/c21-18-11-7-8-16(14-18)15-19(17-9-3-1-4-10-17)20-12-5-2-6-13-20/h1,3-4,7-11,14,19,21H,2,5-6,12-13,15H2/t19-/m1/s1. The van der Waals surface area contributed by atoms with Crippen molar-refractivity contribution in [2.45, 2.75) is 31.7 Å². The van der Waals surface area contributed by atoms with Crippen molar-refractivity contribution in [1.82, 2.24) is 4.90 Å². The van der Waals surface area contributed by atoms with Gasteiger partial charge in [0, 0.05) is 6.04 Å². The van der Waals surface area contributed by atoms with Crippen LogP contribution < -0.4 is 0 Å². The van der Waals surface area contributed by atoms with Crippen LogP contribution in [-0.4, -0.2) is 23.1 Å². The van der Waals surface area contributed by atoms with Gasteiger partial charge in [-0.2, -0.15) is 0 Å². The summed E-state index contributed by atoms with van der Waals surface area (Å²) in [5, 5.41) is 9.69. The average Bonchev–Trinajstić information content (AvgIpc) is 2.54. The number of piperidine rings is 1.